The summed E-state index contributed by atoms with van der Waals surface area (Å²) in [5, 5.41) is 2.29. The van der Waals surface area contributed by atoms with E-state index in [1.54, 1.807) is 0 Å². The number of hydrogen-bond donors (Lipinski definition) is 0. The van der Waals surface area contributed by atoms with Crippen molar-refractivity contribution in [2.75, 3.05) is 9.80 Å². The zero-order valence-electron chi connectivity index (χ0n) is 38.7. The summed E-state index contributed by atoms with van der Waals surface area (Å²) in [5.41, 5.74) is 20.7. The van der Waals surface area contributed by atoms with E-state index in [-0.39, 0.29) is 28.4 Å². The molecule has 8 aromatic rings. The first-order chi connectivity index (χ1) is 29.3. The second kappa shape index (κ2) is 13.8. The van der Waals surface area contributed by atoms with Crippen LogP contribution in [0.2, 0.25) is 0 Å². The Morgan fingerprint density at radius 3 is 1.47 bits per heavy atom. The lowest BCUT2D eigenvalue weighted by atomic mass is 9.33. The van der Waals surface area contributed by atoms with E-state index >= 15 is 0 Å². The molecule has 0 amide bonds. The number of benzene rings is 7. The Labute approximate surface area is 369 Å². The van der Waals surface area contributed by atoms with E-state index in [2.05, 4.69) is 232 Å². The van der Waals surface area contributed by atoms with Crippen molar-refractivity contribution in [2.45, 2.75) is 105 Å². The maximum atomic E-state index is 6.53. The molecule has 2 aliphatic rings. The Kier molecular flexibility index (Phi) is 8.89. The second-order valence-electron chi connectivity index (χ2n) is 21.9. The maximum Gasteiger partial charge on any atom is 0.252 e. The normalized spacial score (nSPS) is 14.0. The summed E-state index contributed by atoms with van der Waals surface area (Å²) in [6.07, 6.45) is 0. The molecule has 0 aliphatic carbocycles. The summed E-state index contributed by atoms with van der Waals surface area (Å²) in [6, 6.07) is 53.1. The fourth-order valence-corrected chi connectivity index (χ4v) is 9.94. The molecule has 0 spiro atoms. The van der Waals surface area contributed by atoms with Gasteiger partial charge in [0, 0.05) is 44.8 Å². The lowest BCUT2D eigenvalue weighted by molar-refractivity contribution is 0.590. The molecule has 0 saturated carbocycles. The van der Waals surface area contributed by atoms with Crippen molar-refractivity contribution in [3.05, 3.63) is 162 Å². The second-order valence-corrected chi connectivity index (χ2v) is 21.9. The van der Waals surface area contributed by atoms with Crippen molar-refractivity contribution in [3.8, 4) is 11.1 Å². The Morgan fingerprint density at radius 2 is 0.871 bits per heavy atom. The van der Waals surface area contributed by atoms with Gasteiger partial charge >= 0.3 is 0 Å². The van der Waals surface area contributed by atoms with Gasteiger partial charge in [-0.15, -0.1) is 0 Å². The van der Waals surface area contributed by atoms with Crippen LogP contribution in [0, 0.1) is 0 Å². The van der Waals surface area contributed by atoms with Gasteiger partial charge in [0.1, 0.15) is 11.2 Å². The van der Waals surface area contributed by atoms with Crippen molar-refractivity contribution >= 4 is 79.2 Å². The molecule has 0 saturated heterocycles. The molecule has 0 fully saturated rings. The quantitative estimate of drug-likeness (QED) is 0.166. The van der Waals surface area contributed by atoms with E-state index in [0.29, 0.717) is 0 Å². The van der Waals surface area contributed by atoms with Crippen LogP contribution in [0.15, 0.2) is 144 Å². The highest BCUT2D eigenvalue weighted by molar-refractivity contribution is 7.00. The van der Waals surface area contributed by atoms with Crippen LogP contribution in [0.1, 0.15) is 105 Å². The van der Waals surface area contributed by atoms with Gasteiger partial charge in [-0.3, -0.25) is 0 Å². The fraction of sp³-hybridized carbons (Fsp3) is 0.276. The Hall–Kier alpha value is -6.00. The van der Waals surface area contributed by atoms with Crippen LogP contribution in [-0.2, 0) is 21.7 Å². The van der Waals surface area contributed by atoms with E-state index in [1.165, 1.54) is 78.2 Å². The van der Waals surface area contributed by atoms with Crippen LogP contribution in [0.5, 0.6) is 0 Å². The number of hydrogen-bond acceptors (Lipinski definition) is 3. The van der Waals surface area contributed by atoms with Crippen LogP contribution >= 0.6 is 0 Å². The van der Waals surface area contributed by atoms with E-state index in [0.717, 1.165) is 27.6 Å². The van der Waals surface area contributed by atoms with Crippen molar-refractivity contribution in [2.24, 2.45) is 0 Å². The van der Waals surface area contributed by atoms with Crippen molar-refractivity contribution in [1.82, 2.24) is 0 Å². The standard InChI is InChI=1S/C58H59BN2O/c1-55(2,3)36-23-28-40(29-24-36)60-47-31-26-38(57(7,8)9)34-44(47)59-45-35-39(58(10,11)12)27-32-48(45)61(50-20-16-19-49(60)54(50)59)46-30-25-37(56(4,5)6)33-43(46)41-18-15-22-52-53(41)42-17-13-14-21-51(42)62-52/h13-35H,1-12H3. The number of para-hydroxylation sites is 1. The molecule has 1 aromatic heterocycles. The van der Waals surface area contributed by atoms with E-state index in [9.17, 15) is 0 Å². The fourth-order valence-electron chi connectivity index (χ4n) is 9.94. The third-order valence-corrected chi connectivity index (χ3v) is 13.5. The first-order valence-electron chi connectivity index (χ1n) is 22.5. The molecule has 0 N–H and O–H groups in total. The largest absolute Gasteiger partial charge is 0.456 e. The van der Waals surface area contributed by atoms with Crippen molar-refractivity contribution in [1.29, 1.82) is 0 Å². The molecule has 0 bridgehead atoms. The highest BCUT2D eigenvalue weighted by atomic mass is 16.3. The maximum absolute atomic E-state index is 6.53. The van der Waals surface area contributed by atoms with E-state index in [1.807, 2.05) is 0 Å². The number of anilines is 6. The number of rotatable bonds is 3. The van der Waals surface area contributed by atoms with Gasteiger partial charge in [0.2, 0.25) is 0 Å². The molecular weight excluding hydrogens is 751 g/mol. The zero-order valence-corrected chi connectivity index (χ0v) is 38.7. The predicted octanol–water partition coefficient (Wildman–Crippen LogP) is 14.5. The van der Waals surface area contributed by atoms with Gasteiger partial charge in [0.15, 0.2) is 0 Å². The van der Waals surface area contributed by atoms with Crippen molar-refractivity contribution < 1.29 is 4.42 Å². The Morgan fingerprint density at radius 1 is 0.387 bits per heavy atom. The number of furan rings is 1. The van der Waals surface area contributed by atoms with Gasteiger partial charge in [0.05, 0.1) is 5.69 Å². The summed E-state index contributed by atoms with van der Waals surface area (Å²) in [5.74, 6) is 0. The van der Waals surface area contributed by atoms with Gasteiger partial charge in [-0.1, -0.05) is 162 Å². The minimum Gasteiger partial charge on any atom is -0.456 e. The lowest BCUT2D eigenvalue weighted by Gasteiger charge is -2.45. The molecule has 0 atom stereocenters. The summed E-state index contributed by atoms with van der Waals surface area (Å²) < 4.78 is 6.53. The van der Waals surface area contributed by atoms with Crippen LogP contribution in [0.4, 0.5) is 34.1 Å². The Bertz CT molecular complexity index is 3070. The van der Waals surface area contributed by atoms with Gasteiger partial charge < -0.3 is 14.2 Å². The number of nitrogens with zero attached hydrogens (tertiary/aromatic N) is 2. The number of fused-ring (bicyclic) bond motifs is 7. The predicted molar refractivity (Wildman–Crippen MR) is 268 cm³/mol. The van der Waals surface area contributed by atoms with Crippen LogP contribution in [0.25, 0.3) is 33.1 Å². The molecule has 7 aromatic carbocycles. The Balaban J connectivity index is 1.31. The molecule has 3 heterocycles. The molecule has 2 aliphatic heterocycles. The van der Waals surface area contributed by atoms with Gasteiger partial charge in [-0.25, -0.2) is 0 Å². The van der Waals surface area contributed by atoms with E-state index in [4.69, 9.17) is 4.42 Å². The van der Waals surface area contributed by atoms with Crippen LogP contribution in [-0.4, -0.2) is 6.71 Å². The van der Waals surface area contributed by atoms with Crippen LogP contribution < -0.4 is 26.2 Å². The highest BCUT2D eigenvalue weighted by Gasteiger charge is 2.44. The van der Waals surface area contributed by atoms with E-state index < -0.39 is 0 Å². The highest BCUT2D eigenvalue weighted by Crippen LogP contribution is 2.49. The summed E-state index contributed by atoms with van der Waals surface area (Å²) in [7, 11) is 0. The summed E-state index contributed by atoms with van der Waals surface area (Å²) in [6.45, 7) is 27.9. The van der Waals surface area contributed by atoms with Crippen molar-refractivity contribution in [3.63, 3.8) is 0 Å². The summed E-state index contributed by atoms with van der Waals surface area (Å²) >= 11 is 0. The average molecular weight is 811 g/mol. The van der Waals surface area contributed by atoms with Crippen LogP contribution in [0.3, 0.4) is 0 Å². The van der Waals surface area contributed by atoms with Gasteiger partial charge in [0.25, 0.3) is 6.71 Å². The average Bonchev–Trinajstić information content (AvgIpc) is 3.61. The zero-order chi connectivity index (χ0) is 43.7. The van der Waals surface area contributed by atoms with Gasteiger partial charge in [-0.05, 0) is 127 Å². The molecule has 310 valence electrons. The topological polar surface area (TPSA) is 19.6 Å². The first-order valence-corrected chi connectivity index (χ1v) is 22.5. The molecule has 0 unspecified atom stereocenters. The minimum atomic E-state index is -0.0599. The molecule has 0 radical (unpaired) electrons. The summed E-state index contributed by atoms with van der Waals surface area (Å²) in [4.78, 5) is 5.11. The minimum absolute atomic E-state index is 0.0211. The first kappa shape index (κ1) is 40.1. The third kappa shape index (κ3) is 6.40. The monoisotopic (exact) mass is 810 g/mol. The van der Waals surface area contributed by atoms with Gasteiger partial charge in [-0.2, -0.15) is 0 Å². The molecule has 10 rings (SSSR count). The molecule has 4 heteroatoms. The third-order valence-electron chi connectivity index (χ3n) is 13.5. The molecule has 62 heavy (non-hydrogen) atoms. The molecular formula is C58H59BN2O. The SMILES string of the molecule is CC(C)(C)c1ccc(N2c3ccc(C(C)(C)C)cc3B3c4cc(C(C)(C)C)ccc4N(c4ccc(C(C)(C)C)cc4-c4cccc5oc6ccccc6c45)c4cccc2c43)cc1. The smallest absolute Gasteiger partial charge is 0.252 e. The lowest BCUT2D eigenvalue weighted by Crippen LogP contribution is -2.61. The molecule has 3 nitrogen and oxygen atoms in total.